The molecule has 0 aromatic heterocycles. The van der Waals surface area contributed by atoms with Gasteiger partial charge in [-0.05, 0) is 42.3 Å². The molecule has 0 saturated carbocycles. The largest absolute Gasteiger partial charge is 0.352 e. The van der Waals surface area contributed by atoms with Crippen LogP contribution in [0.4, 0.5) is 0 Å². The van der Waals surface area contributed by atoms with E-state index in [4.69, 9.17) is 16.7 Å². The van der Waals surface area contributed by atoms with Crippen molar-refractivity contribution in [3.8, 4) is 0 Å². The summed E-state index contributed by atoms with van der Waals surface area (Å²) in [6, 6.07) is 10.1. The first kappa shape index (κ1) is 24.3. The fourth-order valence-corrected chi connectivity index (χ4v) is 5.29. The van der Waals surface area contributed by atoms with Gasteiger partial charge in [0.15, 0.2) is 0 Å². The summed E-state index contributed by atoms with van der Waals surface area (Å²) in [6.07, 6.45) is 0.453. The molecule has 0 aliphatic rings. The van der Waals surface area contributed by atoms with E-state index in [1.807, 2.05) is 0 Å². The number of nitrogens with zero attached hydrogens (tertiary/aromatic N) is 1. The van der Waals surface area contributed by atoms with Gasteiger partial charge in [-0.25, -0.2) is 22.0 Å². The van der Waals surface area contributed by atoms with E-state index in [1.54, 1.807) is 26.0 Å². The van der Waals surface area contributed by atoms with Crippen molar-refractivity contribution in [1.29, 1.82) is 0 Å². The first-order valence-electron chi connectivity index (χ1n) is 9.20. The Hall–Kier alpha value is -1.98. The van der Waals surface area contributed by atoms with Gasteiger partial charge in [0.1, 0.15) is 4.90 Å². The normalized spacial score (nSPS) is 12.2. The van der Waals surface area contributed by atoms with Crippen molar-refractivity contribution in [3.05, 3.63) is 58.6 Å². The quantitative estimate of drug-likeness (QED) is 0.575. The van der Waals surface area contributed by atoms with Crippen molar-refractivity contribution >= 4 is 37.6 Å². The number of carbonyl (C=O) groups excluding carboxylic acids is 1. The van der Waals surface area contributed by atoms with Gasteiger partial charge >= 0.3 is 0 Å². The minimum Gasteiger partial charge on any atom is -0.352 e. The predicted octanol–water partition coefficient (Wildman–Crippen LogP) is 1.99. The van der Waals surface area contributed by atoms with E-state index in [0.29, 0.717) is 6.42 Å². The maximum absolute atomic E-state index is 12.7. The first-order chi connectivity index (χ1) is 14.0. The van der Waals surface area contributed by atoms with Crippen molar-refractivity contribution in [1.82, 2.24) is 9.62 Å². The fraction of sp³-hybridized carbons (Fsp3) is 0.316. The Morgan fingerprint density at radius 1 is 1.03 bits per heavy atom. The van der Waals surface area contributed by atoms with Crippen LogP contribution in [0.2, 0.25) is 5.02 Å². The second-order valence-corrected chi connectivity index (χ2v) is 10.3. The molecule has 2 aromatic rings. The van der Waals surface area contributed by atoms with Crippen LogP contribution in [0.15, 0.2) is 52.3 Å². The summed E-state index contributed by atoms with van der Waals surface area (Å²) in [5.74, 6) is -0.441. The van der Waals surface area contributed by atoms with E-state index in [-0.39, 0.29) is 40.0 Å². The third kappa shape index (κ3) is 5.79. The van der Waals surface area contributed by atoms with Gasteiger partial charge in [-0.1, -0.05) is 37.6 Å². The summed E-state index contributed by atoms with van der Waals surface area (Å²) in [6.45, 7) is 4.29. The highest BCUT2D eigenvalue weighted by molar-refractivity contribution is 7.89. The van der Waals surface area contributed by atoms with Crippen molar-refractivity contribution in [2.75, 3.05) is 19.6 Å². The molecule has 0 aliphatic heterocycles. The van der Waals surface area contributed by atoms with Crippen LogP contribution in [-0.2, 0) is 26.5 Å². The van der Waals surface area contributed by atoms with Gasteiger partial charge in [-0.15, -0.1) is 0 Å². The molecule has 0 saturated heterocycles. The lowest BCUT2D eigenvalue weighted by Gasteiger charge is -2.19. The standard InChI is InChI=1S/C19H24ClN3O5S2/c1-3-23(4-2)30(27,28)18-13-15(7-10-17(18)20)19(24)22-12-11-14-5-8-16(9-6-14)29(21,25)26/h5-10,13H,3-4,11-12H2,1-2H3,(H,22,24)(H2,21,25,26). The number of nitrogens with two attached hydrogens (primary N) is 1. The van der Waals surface area contributed by atoms with Gasteiger partial charge in [0, 0.05) is 25.2 Å². The zero-order valence-corrected chi connectivity index (χ0v) is 19.0. The Morgan fingerprint density at radius 2 is 1.63 bits per heavy atom. The molecule has 1 amide bonds. The van der Waals surface area contributed by atoms with E-state index in [9.17, 15) is 21.6 Å². The summed E-state index contributed by atoms with van der Waals surface area (Å²) in [5.41, 5.74) is 0.985. The molecular weight excluding hydrogens is 450 g/mol. The third-order valence-corrected chi connectivity index (χ3v) is 7.93. The minimum absolute atomic E-state index is 0.0124. The molecule has 0 heterocycles. The number of sulfonamides is 2. The molecule has 2 aromatic carbocycles. The number of rotatable bonds is 9. The molecule has 0 unspecified atom stereocenters. The van der Waals surface area contributed by atoms with Gasteiger partial charge in [0.05, 0.1) is 9.92 Å². The third-order valence-electron chi connectivity index (χ3n) is 4.47. The van der Waals surface area contributed by atoms with E-state index in [0.717, 1.165) is 5.56 Å². The minimum atomic E-state index is -3.81. The number of amides is 1. The Kier molecular flexibility index (Phi) is 8.00. The SMILES string of the molecule is CCN(CC)S(=O)(=O)c1cc(C(=O)NCCc2ccc(S(N)(=O)=O)cc2)ccc1Cl. The molecule has 30 heavy (non-hydrogen) atoms. The highest BCUT2D eigenvalue weighted by Crippen LogP contribution is 2.26. The zero-order chi connectivity index (χ0) is 22.5. The number of halogens is 1. The van der Waals surface area contributed by atoms with Gasteiger partial charge in [0.25, 0.3) is 5.91 Å². The highest BCUT2D eigenvalue weighted by atomic mass is 35.5. The zero-order valence-electron chi connectivity index (χ0n) is 16.6. The van der Waals surface area contributed by atoms with Crippen LogP contribution in [0.5, 0.6) is 0 Å². The Bertz CT molecular complexity index is 1110. The number of nitrogens with one attached hydrogen (secondary N) is 1. The van der Waals surface area contributed by atoms with Crippen LogP contribution in [-0.4, -0.2) is 46.7 Å². The van der Waals surface area contributed by atoms with E-state index < -0.39 is 26.0 Å². The Morgan fingerprint density at radius 3 is 2.17 bits per heavy atom. The fourth-order valence-electron chi connectivity index (χ4n) is 2.81. The second-order valence-electron chi connectivity index (χ2n) is 6.43. The Labute approximate surface area is 182 Å². The number of benzene rings is 2. The van der Waals surface area contributed by atoms with Crippen molar-refractivity contribution in [2.24, 2.45) is 5.14 Å². The predicted molar refractivity (Wildman–Crippen MR) is 115 cm³/mol. The van der Waals surface area contributed by atoms with Crippen molar-refractivity contribution in [2.45, 2.75) is 30.1 Å². The average molecular weight is 474 g/mol. The summed E-state index contributed by atoms with van der Waals surface area (Å²) in [7, 11) is -7.56. The molecule has 0 atom stereocenters. The van der Waals surface area contributed by atoms with Crippen molar-refractivity contribution < 1.29 is 21.6 Å². The molecule has 11 heteroatoms. The molecule has 8 nitrogen and oxygen atoms in total. The highest BCUT2D eigenvalue weighted by Gasteiger charge is 2.25. The number of hydrogen-bond acceptors (Lipinski definition) is 5. The molecule has 0 bridgehead atoms. The number of carbonyl (C=O) groups is 1. The van der Waals surface area contributed by atoms with Crippen molar-refractivity contribution in [3.63, 3.8) is 0 Å². The molecule has 3 N–H and O–H groups in total. The molecule has 164 valence electrons. The molecular formula is C19H24ClN3O5S2. The summed E-state index contributed by atoms with van der Waals surface area (Å²) in [4.78, 5) is 12.4. The maximum atomic E-state index is 12.7. The lowest BCUT2D eigenvalue weighted by molar-refractivity contribution is 0.0954. The van der Waals surface area contributed by atoms with Gasteiger partial charge in [0.2, 0.25) is 20.0 Å². The lowest BCUT2D eigenvalue weighted by Crippen LogP contribution is -2.31. The van der Waals surface area contributed by atoms with Crippen LogP contribution in [0.25, 0.3) is 0 Å². The van der Waals surface area contributed by atoms with Crippen LogP contribution in [0, 0.1) is 0 Å². The summed E-state index contributed by atoms with van der Waals surface area (Å²) >= 11 is 6.08. The smallest absolute Gasteiger partial charge is 0.251 e. The Balaban J connectivity index is 2.09. The topological polar surface area (TPSA) is 127 Å². The molecule has 0 aliphatic carbocycles. The number of primary sulfonamides is 1. The van der Waals surface area contributed by atoms with E-state index >= 15 is 0 Å². The lowest BCUT2D eigenvalue weighted by atomic mass is 10.1. The van der Waals surface area contributed by atoms with Gasteiger partial charge < -0.3 is 5.32 Å². The van der Waals surface area contributed by atoms with Gasteiger partial charge in [-0.2, -0.15) is 4.31 Å². The maximum Gasteiger partial charge on any atom is 0.251 e. The molecule has 0 fully saturated rings. The number of hydrogen-bond donors (Lipinski definition) is 2. The summed E-state index contributed by atoms with van der Waals surface area (Å²) < 4.78 is 49.3. The van der Waals surface area contributed by atoms with E-state index in [2.05, 4.69) is 5.32 Å². The molecule has 0 spiro atoms. The molecule has 2 rings (SSSR count). The first-order valence-corrected chi connectivity index (χ1v) is 12.6. The van der Waals surface area contributed by atoms with Crippen LogP contribution in [0.1, 0.15) is 29.8 Å². The van der Waals surface area contributed by atoms with Crippen LogP contribution >= 0.6 is 11.6 Å². The van der Waals surface area contributed by atoms with E-state index in [1.165, 1.54) is 34.6 Å². The monoisotopic (exact) mass is 473 g/mol. The van der Waals surface area contributed by atoms with Crippen LogP contribution < -0.4 is 10.5 Å². The molecule has 0 radical (unpaired) electrons. The van der Waals surface area contributed by atoms with Gasteiger partial charge in [-0.3, -0.25) is 4.79 Å². The second kappa shape index (κ2) is 9.88. The van der Waals surface area contributed by atoms with Crippen LogP contribution in [0.3, 0.4) is 0 Å². The average Bonchev–Trinajstić information content (AvgIpc) is 2.68. The summed E-state index contributed by atoms with van der Waals surface area (Å²) in [5, 5.41) is 7.82.